The first-order valence-electron chi connectivity index (χ1n) is 9.17. The summed E-state index contributed by atoms with van der Waals surface area (Å²) in [5.74, 6) is 0.251. The first-order chi connectivity index (χ1) is 13.7. The van der Waals surface area contributed by atoms with Gasteiger partial charge in [-0.15, -0.1) is 0 Å². The lowest BCUT2D eigenvalue weighted by molar-refractivity contribution is 0.470. The molecular formula is C24H16N2O2. The molecule has 6 aromatic rings. The van der Waals surface area contributed by atoms with Crippen molar-refractivity contribution in [3.05, 3.63) is 72.8 Å². The number of aromatic amines is 2. The molecule has 0 saturated carbocycles. The van der Waals surface area contributed by atoms with E-state index in [2.05, 4.69) is 22.1 Å². The maximum atomic E-state index is 10.8. The van der Waals surface area contributed by atoms with Gasteiger partial charge in [-0.05, 0) is 36.4 Å². The fourth-order valence-corrected chi connectivity index (χ4v) is 4.32. The molecule has 134 valence electrons. The van der Waals surface area contributed by atoms with Crippen molar-refractivity contribution in [1.29, 1.82) is 0 Å². The Morgan fingerprint density at radius 3 is 1.36 bits per heavy atom. The summed E-state index contributed by atoms with van der Waals surface area (Å²) in [4.78, 5) is 6.85. The molecule has 0 atom stereocenters. The average Bonchev–Trinajstić information content (AvgIpc) is 3.27. The number of nitrogens with one attached hydrogen (secondary N) is 2. The van der Waals surface area contributed by atoms with E-state index in [-0.39, 0.29) is 11.5 Å². The van der Waals surface area contributed by atoms with E-state index in [1.807, 2.05) is 48.5 Å². The van der Waals surface area contributed by atoms with Crippen molar-refractivity contribution in [2.24, 2.45) is 0 Å². The lowest BCUT2D eigenvalue weighted by Gasteiger charge is -2.10. The summed E-state index contributed by atoms with van der Waals surface area (Å²) in [6.45, 7) is 0. The van der Waals surface area contributed by atoms with E-state index in [0.29, 0.717) is 11.1 Å². The standard InChI is InChI=1S/C24H16N2O2/c27-19-11-9-15-13-5-1-3-7-17(13)25-23(15)21(19)22-20(28)12-10-16-14-6-2-4-8-18(14)26-24(16)22/h1-12,25-28H. The molecule has 0 saturated heterocycles. The molecule has 4 N–H and O–H groups in total. The number of fused-ring (bicyclic) bond motifs is 6. The summed E-state index contributed by atoms with van der Waals surface area (Å²) in [6, 6.07) is 23.3. The maximum absolute atomic E-state index is 10.8. The maximum Gasteiger partial charge on any atom is 0.125 e. The smallest absolute Gasteiger partial charge is 0.125 e. The first kappa shape index (κ1) is 15.2. The Hall–Kier alpha value is -3.92. The van der Waals surface area contributed by atoms with E-state index in [1.54, 1.807) is 12.1 Å². The zero-order chi connectivity index (χ0) is 18.8. The molecule has 4 heteroatoms. The Labute approximate surface area is 159 Å². The lowest BCUT2D eigenvalue weighted by Crippen LogP contribution is -1.86. The third-order valence-electron chi connectivity index (χ3n) is 5.57. The summed E-state index contributed by atoms with van der Waals surface area (Å²) in [5.41, 5.74) is 4.80. The highest BCUT2D eigenvalue weighted by molar-refractivity contribution is 6.19. The fourth-order valence-electron chi connectivity index (χ4n) is 4.32. The molecule has 2 aromatic heterocycles. The Balaban J connectivity index is 1.82. The SMILES string of the molecule is Oc1ccc2c([nH]c3ccccc32)c1-c1c(O)ccc2c1[nH]c1ccccc12. The van der Waals surface area contributed by atoms with E-state index in [1.165, 1.54) is 0 Å². The minimum absolute atomic E-state index is 0.125. The summed E-state index contributed by atoms with van der Waals surface area (Å²) in [5, 5.41) is 25.8. The Kier molecular flexibility index (Phi) is 2.87. The monoisotopic (exact) mass is 364 g/mol. The molecule has 0 aliphatic rings. The molecule has 4 aromatic carbocycles. The summed E-state index contributed by atoms with van der Waals surface area (Å²) in [6.07, 6.45) is 0. The zero-order valence-electron chi connectivity index (χ0n) is 14.8. The van der Waals surface area contributed by atoms with Gasteiger partial charge in [-0.2, -0.15) is 0 Å². The van der Waals surface area contributed by atoms with Crippen molar-refractivity contribution < 1.29 is 10.2 Å². The van der Waals surface area contributed by atoms with Crippen molar-refractivity contribution in [2.45, 2.75) is 0 Å². The van der Waals surface area contributed by atoms with Gasteiger partial charge in [0, 0.05) is 32.6 Å². The Morgan fingerprint density at radius 1 is 0.464 bits per heavy atom. The normalized spacial score (nSPS) is 11.9. The highest BCUT2D eigenvalue weighted by atomic mass is 16.3. The van der Waals surface area contributed by atoms with Gasteiger partial charge in [0.2, 0.25) is 0 Å². The van der Waals surface area contributed by atoms with Crippen LogP contribution in [0.3, 0.4) is 0 Å². The van der Waals surface area contributed by atoms with Crippen molar-refractivity contribution in [2.75, 3.05) is 0 Å². The molecule has 2 heterocycles. The van der Waals surface area contributed by atoms with E-state index in [4.69, 9.17) is 0 Å². The third-order valence-corrected chi connectivity index (χ3v) is 5.57. The van der Waals surface area contributed by atoms with Crippen LogP contribution in [0.1, 0.15) is 0 Å². The van der Waals surface area contributed by atoms with E-state index in [0.717, 1.165) is 43.6 Å². The number of para-hydroxylation sites is 2. The van der Waals surface area contributed by atoms with Crippen LogP contribution in [0, 0.1) is 0 Å². The van der Waals surface area contributed by atoms with Gasteiger partial charge in [0.05, 0.1) is 22.2 Å². The number of phenolic OH excluding ortho intramolecular Hbond substituents is 2. The zero-order valence-corrected chi connectivity index (χ0v) is 14.8. The second-order valence-corrected chi connectivity index (χ2v) is 7.11. The number of benzene rings is 4. The number of aromatic hydroxyl groups is 2. The molecule has 0 fully saturated rings. The minimum Gasteiger partial charge on any atom is -0.507 e. The quantitative estimate of drug-likeness (QED) is 0.287. The molecule has 4 nitrogen and oxygen atoms in total. The number of phenols is 2. The van der Waals surface area contributed by atoms with Crippen molar-refractivity contribution in [1.82, 2.24) is 9.97 Å². The van der Waals surface area contributed by atoms with E-state index < -0.39 is 0 Å². The highest BCUT2D eigenvalue weighted by Gasteiger charge is 2.20. The second-order valence-electron chi connectivity index (χ2n) is 7.11. The largest absolute Gasteiger partial charge is 0.507 e. The number of hydrogen-bond donors (Lipinski definition) is 4. The summed E-state index contributed by atoms with van der Waals surface area (Å²) < 4.78 is 0. The number of aromatic nitrogens is 2. The summed E-state index contributed by atoms with van der Waals surface area (Å²) in [7, 11) is 0. The van der Waals surface area contributed by atoms with Gasteiger partial charge < -0.3 is 20.2 Å². The van der Waals surface area contributed by atoms with Crippen molar-refractivity contribution in [3.8, 4) is 22.6 Å². The number of hydrogen-bond acceptors (Lipinski definition) is 2. The van der Waals surface area contributed by atoms with Gasteiger partial charge in [0.25, 0.3) is 0 Å². The van der Waals surface area contributed by atoms with Gasteiger partial charge in [-0.25, -0.2) is 0 Å². The number of rotatable bonds is 1. The Morgan fingerprint density at radius 2 is 0.893 bits per heavy atom. The Bertz CT molecular complexity index is 1420. The van der Waals surface area contributed by atoms with Gasteiger partial charge >= 0.3 is 0 Å². The van der Waals surface area contributed by atoms with Gasteiger partial charge in [-0.3, -0.25) is 0 Å². The van der Waals surface area contributed by atoms with Gasteiger partial charge in [-0.1, -0.05) is 36.4 Å². The van der Waals surface area contributed by atoms with E-state index >= 15 is 0 Å². The van der Waals surface area contributed by atoms with Gasteiger partial charge in [0.15, 0.2) is 0 Å². The molecule has 28 heavy (non-hydrogen) atoms. The predicted octanol–water partition coefficient (Wildman–Crippen LogP) is 6.03. The molecule has 6 rings (SSSR count). The average molecular weight is 364 g/mol. The first-order valence-corrected chi connectivity index (χ1v) is 9.17. The molecule has 0 aliphatic heterocycles. The van der Waals surface area contributed by atoms with Crippen LogP contribution in [0.15, 0.2) is 72.8 Å². The van der Waals surface area contributed by atoms with Crippen molar-refractivity contribution >= 4 is 43.6 Å². The highest BCUT2D eigenvalue weighted by Crippen LogP contribution is 2.46. The summed E-state index contributed by atoms with van der Waals surface area (Å²) >= 11 is 0. The van der Waals surface area contributed by atoms with Crippen LogP contribution in [-0.2, 0) is 0 Å². The van der Waals surface area contributed by atoms with Crippen LogP contribution in [0.25, 0.3) is 54.7 Å². The van der Waals surface area contributed by atoms with Crippen LogP contribution in [0.4, 0.5) is 0 Å². The molecule has 0 radical (unpaired) electrons. The fraction of sp³-hybridized carbons (Fsp3) is 0. The molecule has 0 amide bonds. The van der Waals surface area contributed by atoms with Crippen LogP contribution >= 0.6 is 0 Å². The minimum atomic E-state index is 0.125. The van der Waals surface area contributed by atoms with Gasteiger partial charge in [0.1, 0.15) is 11.5 Å². The molecule has 0 aliphatic carbocycles. The second kappa shape index (κ2) is 5.30. The van der Waals surface area contributed by atoms with Crippen LogP contribution in [-0.4, -0.2) is 20.2 Å². The molecular weight excluding hydrogens is 348 g/mol. The predicted molar refractivity (Wildman–Crippen MR) is 114 cm³/mol. The third kappa shape index (κ3) is 1.89. The van der Waals surface area contributed by atoms with Crippen LogP contribution in [0.2, 0.25) is 0 Å². The van der Waals surface area contributed by atoms with Crippen molar-refractivity contribution in [3.63, 3.8) is 0 Å². The van der Waals surface area contributed by atoms with E-state index in [9.17, 15) is 10.2 Å². The van der Waals surface area contributed by atoms with Crippen LogP contribution in [0.5, 0.6) is 11.5 Å². The molecule has 0 unspecified atom stereocenters. The lowest BCUT2D eigenvalue weighted by atomic mass is 9.97. The molecule has 0 bridgehead atoms. The van der Waals surface area contributed by atoms with Crippen LogP contribution < -0.4 is 0 Å². The molecule has 0 spiro atoms. The number of H-pyrrole nitrogens is 2. The topological polar surface area (TPSA) is 72.0 Å².